The van der Waals surface area contributed by atoms with E-state index >= 15 is 0 Å². The number of hydrogen-bond acceptors (Lipinski definition) is 6. The van der Waals surface area contributed by atoms with Crippen LogP contribution in [0.2, 0.25) is 0 Å². The van der Waals surface area contributed by atoms with E-state index in [1.54, 1.807) is 61.7 Å². The molecule has 0 bridgehead atoms. The summed E-state index contributed by atoms with van der Waals surface area (Å²) in [4.78, 5) is 29.4. The number of aliphatic carboxylic acids is 1. The van der Waals surface area contributed by atoms with Gasteiger partial charge in [0.15, 0.2) is 5.78 Å². The normalized spacial score (nSPS) is 11.2. The third kappa shape index (κ3) is 6.42. The summed E-state index contributed by atoms with van der Waals surface area (Å²) in [6.07, 6.45) is 3.09. The number of rotatable bonds is 10. The van der Waals surface area contributed by atoms with Gasteiger partial charge in [-0.3, -0.25) is 9.78 Å². The molecule has 204 valence electrons. The molecule has 0 aliphatic rings. The number of hydrogen-bond donors (Lipinski definition) is 1. The third-order valence-corrected chi connectivity index (χ3v) is 6.46. The van der Waals surface area contributed by atoms with Crippen LogP contribution in [0.15, 0.2) is 109 Å². The minimum atomic E-state index is -0.984. The maximum Gasteiger partial charge on any atom is 0.331 e. The summed E-state index contributed by atoms with van der Waals surface area (Å²) in [5.41, 5.74) is 3.34. The summed E-state index contributed by atoms with van der Waals surface area (Å²) in [5, 5.41) is 9.80. The van der Waals surface area contributed by atoms with Gasteiger partial charge >= 0.3 is 5.97 Å². The van der Waals surface area contributed by atoms with Crippen molar-refractivity contribution in [1.29, 1.82) is 0 Å². The SMILES string of the molecule is COc1ccc(C(=O)c2cnc3cc(OCc4ccccc4)ccc3c2Oc2ccc(/C=C(\C)C(=O)O)cc2)cc1. The highest BCUT2D eigenvalue weighted by Crippen LogP contribution is 2.36. The standard InChI is InChI=1S/C34H27NO6/c1-22(34(37)38)18-23-8-12-27(13-9-23)41-33-29-17-16-28(40-21-24-6-4-3-5-7-24)19-31(29)35-20-30(33)32(36)25-10-14-26(39-2)15-11-25/h3-20H,21H2,1-2H3,(H,37,38)/b22-18+. The van der Waals surface area contributed by atoms with Gasteiger partial charge in [0, 0.05) is 28.8 Å². The van der Waals surface area contributed by atoms with Crippen LogP contribution in [-0.4, -0.2) is 29.0 Å². The molecule has 0 unspecified atom stereocenters. The first kappa shape index (κ1) is 27.1. The number of pyridine rings is 1. The minimum absolute atomic E-state index is 0.219. The molecule has 1 aromatic heterocycles. The predicted molar refractivity (Wildman–Crippen MR) is 157 cm³/mol. The van der Waals surface area contributed by atoms with E-state index < -0.39 is 5.97 Å². The average molecular weight is 546 g/mol. The van der Waals surface area contributed by atoms with Gasteiger partial charge < -0.3 is 19.3 Å². The second kappa shape index (κ2) is 12.2. The van der Waals surface area contributed by atoms with Crippen LogP contribution in [0.3, 0.4) is 0 Å². The number of benzene rings is 4. The molecule has 0 saturated heterocycles. The van der Waals surface area contributed by atoms with Crippen molar-refractivity contribution in [2.24, 2.45) is 0 Å². The number of carboxylic acids is 1. The topological polar surface area (TPSA) is 95.0 Å². The van der Waals surface area contributed by atoms with E-state index in [2.05, 4.69) is 4.98 Å². The molecule has 1 N–H and O–H groups in total. The van der Waals surface area contributed by atoms with E-state index in [0.29, 0.717) is 57.2 Å². The summed E-state index contributed by atoms with van der Waals surface area (Å²) in [6, 6.07) is 29.1. The molecule has 4 aromatic carbocycles. The summed E-state index contributed by atoms with van der Waals surface area (Å²) in [5.74, 6) is 0.885. The molecule has 0 aliphatic carbocycles. The van der Waals surface area contributed by atoms with Crippen LogP contribution in [0.5, 0.6) is 23.0 Å². The summed E-state index contributed by atoms with van der Waals surface area (Å²) in [6.45, 7) is 1.94. The Morgan fingerprint density at radius 3 is 2.22 bits per heavy atom. The van der Waals surface area contributed by atoms with Crippen molar-refractivity contribution in [2.75, 3.05) is 7.11 Å². The summed E-state index contributed by atoms with van der Waals surface area (Å²) in [7, 11) is 1.57. The van der Waals surface area contributed by atoms with Crippen LogP contribution in [0.1, 0.15) is 34.0 Å². The lowest BCUT2D eigenvalue weighted by Crippen LogP contribution is -2.05. The van der Waals surface area contributed by atoms with Gasteiger partial charge in [-0.1, -0.05) is 42.5 Å². The number of ketones is 1. The first-order chi connectivity index (χ1) is 19.9. The van der Waals surface area contributed by atoms with Crippen molar-refractivity contribution < 1.29 is 28.9 Å². The number of carbonyl (C=O) groups is 2. The van der Waals surface area contributed by atoms with Gasteiger partial charge in [-0.15, -0.1) is 0 Å². The van der Waals surface area contributed by atoms with Gasteiger partial charge in [0.2, 0.25) is 0 Å². The van der Waals surface area contributed by atoms with Crippen LogP contribution in [0.25, 0.3) is 17.0 Å². The Bertz CT molecular complexity index is 1730. The van der Waals surface area contributed by atoms with Gasteiger partial charge in [0.25, 0.3) is 0 Å². The predicted octanol–water partition coefficient (Wildman–Crippen LogP) is 7.33. The first-order valence-electron chi connectivity index (χ1n) is 12.9. The molecule has 0 atom stereocenters. The van der Waals surface area contributed by atoms with E-state index in [9.17, 15) is 9.59 Å². The fourth-order valence-corrected chi connectivity index (χ4v) is 4.21. The number of ether oxygens (including phenoxy) is 3. The van der Waals surface area contributed by atoms with Gasteiger partial charge in [-0.25, -0.2) is 4.79 Å². The molecule has 5 aromatic rings. The second-order valence-electron chi connectivity index (χ2n) is 9.32. The van der Waals surface area contributed by atoms with Gasteiger partial charge in [0.05, 0.1) is 18.2 Å². The lowest BCUT2D eigenvalue weighted by molar-refractivity contribution is -0.132. The highest BCUT2D eigenvalue weighted by molar-refractivity contribution is 6.13. The molecular formula is C34H27NO6. The highest BCUT2D eigenvalue weighted by atomic mass is 16.5. The van der Waals surface area contributed by atoms with Crippen LogP contribution in [0, 0.1) is 0 Å². The average Bonchev–Trinajstić information content (AvgIpc) is 3.01. The quantitative estimate of drug-likeness (QED) is 0.145. The van der Waals surface area contributed by atoms with Crippen molar-refractivity contribution in [3.05, 3.63) is 131 Å². The zero-order valence-corrected chi connectivity index (χ0v) is 22.5. The molecular weight excluding hydrogens is 518 g/mol. The molecule has 0 fully saturated rings. The van der Waals surface area contributed by atoms with Crippen molar-refractivity contribution in [1.82, 2.24) is 4.98 Å². The largest absolute Gasteiger partial charge is 0.497 e. The molecule has 0 spiro atoms. The van der Waals surface area contributed by atoms with Crippen molar-refractivity contribution in [2.45, 2.75) is 13.5 Å². The van der Waals surface area contributed by atoms with E-state index in [-0.39, 0.29) is 11.4 Å². The number of methoxy groups -OCH3 is 1. The number of nitrogens with zero attached hydrogens (tertiary/aromatic N) is 1. The van der Waals surface area contributed by atoms with Gasteiger partial charge in [0.1, 0.15) is 29.6 Å². The number of carbonyl (C=O) groups excluding carboxylic acids is 1. The maximum atomic E-state index is 13.6. The van der Waals surface area contributed by atoms with Crippen molar-refractivity contribution >= 4 is 28.7 Å². The number of carboxylic acid groups (broad SMARTS) is 1. The van der Waals surface area contributed by atoms with Gasteiger partial charge in [-0.05, 0) is 72.7 Å². The molecule has 7 nitrogen and oxygen atoms in total. The number of aromatic nitrogens is 1. The Morgan fingerprint density at radius 2 is 1.54 bits per heavy atom. The molecule has 0 saturated carbocycles. The molecule has 0 radical (unpaired) electrons. The van der Waals surface area contributed by atoms with Crippen LogP contribution < -0.4 is 14.2 Å². The monoisotopic (exact) mass is 545 g/mol. The van der Waals surface area contributed by atoms with Crippen LogP contribution in [0.4, 0.5) is 0 Å². The van der Waals surface area contributed by atoms with E-state index in [4.69, 9.17) is 19.3 Å². The fourth-order valence-electron chi connectivity index (χ4n) is 4.21. The Hall–Kier alpha value is -5.43. The molecule has 1 heterocycles. The minimum Gasteiger partial charge on any atom is -0.497 e. The Balaban J connectivity index is 1.51. The number of fused-ring (bicyclic) bond motifs is 1. The van der Waals surface area contributed by atoms with Gasteiger partial charge in [-0.2, -0.15) is 0 Å². The van der Waals surface area contributed by atoms with Crippen molar-refractivity contribution in [3.63, 3.8) is 0 Å². The van der Waals surface area contributed by atoms with E-state index in [1.165, 1.54) is 13.1 Å². The first-order valence-corrected chi connectivity index (χ1v) is 12.9. The van der Waals surface area contributed by atoms with Crippen molar-refractivity contribution in [3.8, 4) is 23.0 Å². The fraction of sp³-hybridized carbons (Fsp3) is 0.0882. The smallest absolute Gasteiger partial charge is 0.331 e. The van der Waals surface area contributed by atoms with E-state index in [0.717, 1.165) is 5.56 Å². The van der Waals surface area contributed by atoms with Crippen LogP contribution >= 0.6 is 0 Å². The molecule has 0 amide bonds. The lowest BCUT2D eigenvalue weighted by Gasteiger charge is -2.15. The zero-order chi connectivity index (χ0) is 28.8. The lowest BCUT2D eigenvalue weighted by atomic mass is 10.0. The molecule has 0 aliphatic heterocycles. The highest BCUT2D eigenvalue weighted by Gasteiger charge is 2.20. The van der Waals surface area contributed by atoms with E-state index in [1.807, 2.05) is 48.5 Å². The Morgan fingerprint density at radius 1 is 0.854 bits per heavy atom. The molecule has 41 heavy (non-hydrogen) atoms. The third-order valence-electron chi connectivity index (χ3n) is 6.46. The molecule has 7 heteroatoms. The maximum absolute atomic E-state index is 13.6. The Kier molecular flexibility index (Phi) is 8.06. The summed E-state index contributed by atoms with van der Waals surface area (Å²) >= 11 is 0. The molecule has 5 rings (SSSR count). The zero-order valence-electron chi connectivity index (χ0n) is 22.5. The summed E-state index contributed by atoms with van der Waals surface area (Å²) < 4.78 is 17.5. The second-order valence-corrected chi connectivity index (χ2v) is 9.32. The van der Waals surface area contributed by atoms with Crippen LogP contribution in [-0.2, 0) is 11.4 Å². The Labute approximate surface area is 237 Å².